The highest BCUT2D eigenvalue weighted by Gasteiger charge is 2.54. The summed E-state index contributed by atoms with van der Waals surface area (Å²) in [5.74, 6) is -7.69. The Morgan fingerprint density at radius 2 is 1.47 bits per heavy atom. The van der Waals surface area contributed by atoms with Crippen LogP contribution in [0, 0.1) is 12.8 Å². The Morgan fingerprint density at radius 3 is 2.09 bits per heavy atom. The average molecular weight is 1420 g/mol. The number of nitrogens with one attached hydrogen (secondary N) is 7. The number of aromatic amines is 1. The number of hydrogen-bond donors (Lipinski definition) is 20. The quantitative estimate of drug-likeness (QED) is 0.0150. The molecule has 6 rings (SSSR count). The monoisotopic (exact) mass is 1410 g/mol. The van der Waals surface area contributed by atoms with Gasteiger partial charge in [-0.2, -0.15) is 0 Å². The minimum Gasteiger partial charge on any atom is -0.441 e. The van der Waals surface area contributed by atoms with Crippen LogP contribution in [0.25, 0.3) is 10.7 Å². The Morgan fingerprint density at radius 1 is 0.781 bits per heavy atom. The van der Waals surface area contributed by atoms with Crippen LogP contribution >= 0.6 is 22.7 Å². The number of hydrogen-bond acceptors (Lipinski definition) is 31. The van der Waals surface area contributed by atoms with Crippen LogP contribution < -0.4 is 60.6 Å². The number of rotatable bonds is 35. The van der Waals surface area contributed by atoms with Crippen molar-refractivity contribution in [3.05, 3.63) is 56.8 Å². The lowest BCUT2D eigenvalue weighted by atomic mass is 9.96. The number of H-pyrrole nitrogens is 1. The molecule has 2 aliphatic heterocycles. The maximum Gasteiger partial charge on any atom is 0.404 e. The Bertz CT molecular complexity index is 3280. The molecule has 19 atom stereocenters. The number of ether oxygens (including phenoxy) is 5. The Kier molecular flexibility index (Phi) is 29.0. The van der Waals surface area contributed by atoms with Crippen LogP contribution in [0.1, 0.15) is 88.8 Å². The summed E-state index contributed by atoms with van der Waals surface area (Å²) in [6, 6.07) is -7.85. The SMILES string of the molecule is Cc1c(N)nc([C@H](CC(N)=O)NC[C@H](N)C(N)=O)nc1C(=O)N[C@H](C(=O)N[C@H](C)[C@@H](O)[C@H](C)C(=O)N[C@H](C(=O)NCCc1nc(-c2nc(C(=O)NCCC[S+](C)C)cs2)cs1)[C@@H](C)O)[C@@H](OC1OC(CO)C(O)C(O)C1OC1OC(CO)C(O)C(OC(N)=O)C1O)c1cnc[nH]1. The molecule has 25 N–H and O–H groups in total. The first-order chi connectivity index (χ1) is 45.3. The van der Waals surface area contributed by atoms with Crippen LogP contribution in [0.3, 0.4) is 0 Å². The van der Waals surface area contributed by atoms with Crippen molar-refractivity contribution in [3.8, 4) is 10.7 Å². The van der Waals surface area contributed by atoms with Gasteiger partial charge in [-0.15, -0.1) is 22.7 Å². The van der Waals surface area contributed by atoms with E-state index in [1.807, 2.05) is 0 Å². The standard InChI is InChI=1S/C55H83N17O21S3/c1-20-33(69-46(72-44(20)58)25(12-31(57)76)64-13-24(56)45(59)82)50(86)71-35(41(26-14-61-19-65-26)91-54-43(39(80)37(78)29(15-73)90-54)92-53-40(81)42(93-55(60)88)38(79)30(16-74)89-53)51(87)66-22(3)36(77)21(2)47(83)70-34(23(4)75)49(85)63-10-8-32-67-28(18-94-32)52-68-27(17-95-52)48(84)62-9-7-11-96(5)6/h14,17-19,21-25,29-30,34-43,53-54,64,73-75,77-81H,7-13,15-16,56H2,1-6H3,(H13-,57,58,59,60,61,62,63,65,66,69,70,71,72,76,82,83,84,85,86,87,88)/p+1/t21-,22+,23+,24-,25-,29?,30?,34-,35-,36-,37?,38?,39?,40?,41-,42?,43?,53?,54?/m0/s1. The van der Waals surface area contributed by atoms with Crippen LogP contribution in [0.5, 0.6) is 0 Å². The molecule has 0 aromatic carbocycles. The highest BCUT2D eigenvalue weighted by molar-refractivity contribution is 7.95. The fourth-order valence-electron chi connectivity index (χ4n) is 9.80. The molecule has 8 amide bonds. The van der Waals surface area contributed by atoms with Crippen molar-refractivity contribution in [3.63, 3.8) is 0 Å². The van der Waals surface area contributed by atoms with Gasteiger partial charge in [0.15, 0.2) is 18.7 Å². The summed E-state index contributed by atoms with van der Waals surface area (Å²) in [5, 5.41) is 108. The van der Waals surface area contributed by atoms with Crippen LogP contribution in [-0.2, 0) is 65.0 Å². The minimum atomic E-state index is -2.20. The van der Waals surface area contributed by atoms with Gasteiger partial charge in [0.25, 0.3) is 11.8 Å². The largest absolute Gasteiger partial charge is 0.441 e. The van der Waals surface area contributed by atoms with Crippen molar-refractivity contribution >= 4 is 86.8 Å². The van der Waals surface area contributed by atoms with Gasteiger partial charge in [0, 0.05) is 55.2 Å². The summed E-state index contributed by atoms with van der Waals surface area (Å²) in [5.41, 5.74) is 28.1. The van der Waals surface area contributed by atoms with E-state index in [1.54, 1.807) is 10.8 Å². The van der Waals surface area contributed by atoms with Gasteiger partial charge in [-0.3, -0.25) is 33.6 Å². The topological polar surface area (TPSA) is 627 Å². The second kappa shape index (κ2) is 35.8. The van der Waals surface area contributed by atoms with Gasteiger partial charge >= 0.3 is 6.09 Å². The van der Waals surface area contributed by atoms with Gasteiger partial charge in [-0.25, -0.2) is 29.7 Å². The van der Waals surface area contributed by atoms with Crippen LogP contribution in [0.15, 0.2) is 23.3 Å². The zero-order valence-corrected chi connectivity index (χ0v) is 55.3. The number of nitrogen functional groups attached to an aromatic ring is 1. The molecule has 6 heterocycles. The van der Waals surface area contributed by atoms with E-state index in [2.05, 4.69) is 74.3 Å². The molecule has 4 aromatic heterocycles. The summed E-state index contributed by atoms with van der Waals surface area (Å²) in [6.45, 7) is 3.18. The number of imidazole rings is 1. The number of thiazole rings is 2. The van der Waals surface area contributed by atoms with Crippen molar-refractivity contribution in [2.24, 2.45) is 28.9 Å². The zero-order valence-electron chi connectivity index (χ0n) is 52.9. The van der Waals surface area contributed by atoms with Crippen LogP contribution in [-0.4, -0.2) is 267 Å². The maximum atomic E-state index is 15.2. The summed E-state index contributed by atoms with van der Waals surface area (Å²) in [7, 11) is 0.254. The lowest BCUT2D eigenvalue weighted by molar-refractivity contribution is -0.372. The number of carbonyl (C=O) groups excluding carboxylic acids is 8. The number of aromatic nitrogens is 6. The summed E-state index contributed by atoms with van der Waals surface area (Å²) < 4.78 is 28.7. The van der Waals surface area contributed by atoms with E-state index in [0.29, 0.717) is 22.3 Å². The number of anilines is 1. The van der Waals surface area contributed by atoms with Crippen molar-refractivity contribution in [1.82, 2.24) is 61.8 Å². The molecule has 532 valence electrons. The van der Waals surface area contributed by atoms with Crippen molar-refractivity contribution in [1.29, 1.82) is 0 Å². The van der Waals surface area contributed by atoms with Gasteiger partial charge in [0.05, 0.1) is 85.2 Å². The molecule has 2 fully saturated rings. The number of aliphatic hydroxyl groups excluding tert-OH is 8. The van der Waals surface area contributed by atoms with Gasteiger partial charge in [0.2, 0.25) is 29.5 Å². The lowest BCUT2D eigenvalue weighted by Gasteiger charge is -2.47. The third-order valence-corrected chi connectivity index (χ3v) is 18.2. The van der Waals surface area contributed by atoms with Crippen LogP contribution in [0.2, 0.25) is 0 Å². The van der Waals surface area contributed by atoms with Crippen molar-refractivity contribution in [2.75, 3.05) is 56.8 Å². The number of primary amides is 3. The predicted octanol–water partition coefficient (Wildman–Crippen LogP) is -7.70. The first-order valence-corrected chi connectivity index (χ1v) is 33.8. The van der Waals surface area contributed by atoms with Gasteiger partial charge in [-0.1, -0.05) is 6.92 Å². The molecular weight excluding hydrogens is 1330 g/mol. The molecule has 0 radical (unpaired) electrons. The molecule has 2 aliphatic rings. The maximum absolute atomic E-state index is 15.2. The predicted molar refractivity (Wildman–Crippen MR) is 339 cm³/mol. The highest BCUT2D eigenvalue weighted by Crippen LogP contribution is 2.35. The molecule has 41 heteroatoms. The first kappa shape index (κ1) is 77.7. The second-order valence-electron chi connectivity index (χ2n) is 22.8. The molecule has 2 saturated heterocycles. The molecule has 0 spiro atoms. The minimum absolute atomic E-state index is 0.00498. The Hall–Kier alpha value is -7.30. The third-order valence-electron chi connectivity index (χ3n) is 15.3. The van der Waals surface area contributed by atoms with Crippen molar-refractivity contribution in [2.45, 2.75) is 157 Å². The molecule has 0 bridgehead atoms. The Balaban J connectivity index is 1.26. The fourth-order valence-corrected chi connectivity index (χ4v) is 12.1. The summed E-state index contributed by atoms with van der Waals surface area (Å²) in [6.07, 6.45) is -20.0. The van der Waals surface area contributed by atoms with Gasteiger partial charge in [0.1, 0.15) is 100 Å². The third kappa shape index (κ3) is 20.6. The van der Waals surface area contributed by atoms with Crippen molar-refractivity contribution < 1.29 is 103 Å². The lowest BCUT2D eigenvalue weighted by Crippen LogP contribution is -2.65. The highest BCUT2D eigenvalue weighted by atomic mass is 32.2. The summed E-state index contributed by atoms with van der Waals surface area (Å²) >= 11 is 2.52. The second-order valence-corrected chi connectivity index (χ2v) is 27.0. The normalized spacial score (nSPS) is 24.0. The van der Waals surface area contributed by atoms with E-state index < -0.39 is 183 Å². The number of amides is 8. The van der Waals surface area contributed by atoms with E-state index in [-0.39, 0.29) is 64.9 Å². The molecule has 4 aromatic rings. The van der Waals surface area contributed by atoms with Gasteiger partial charge in [-0.05, 0) is 31.7 Å². The zero-order chi connectivity index (χ0) is 71.0. The molecule has 38 nitrogen and oxygen atoms in total. The molecule has 0 aliphatic carbocycles. The van der Waals surface area contributed by atoms with Gasteiger partial charge < -0.3 is 130 Å². The molecule has 0 saturated carbocycles. The molecule has 96 heavy (non-hydrogen) atoms. The molecular formula is C55H84N17O21S3+. The Labute approximate surface area is 559 Å². The van der Waals surface area contributed by atoms with Crippen LogP contribution in [0.4, 0.5) is 10.6 Å². The van der Waals surface area contributed by atoms with E-state index in [0.717, 1.165) is 24.7 Å². The smallest absolute Gasteiger partial charge is 0.404 e. The summed E-state index contributed by atoms with van der Waals surface area (Å²) in [4.78, 5) is 131. The number of aliphatic hydroxyl groups is 8. The number of nitrogens with two attached hydrogens (primary N) is 5. The number of nitrogens with zero attached hydrogens (tertiary/aromatic N) is 5. The van der Waals surface area contributed by atoms with E-state index in [9.17, 15) is 74.4 Å². The average Bonchev–Trinajstić information content (AvgIpc) is 0.885. The van der Waals surface area contributed by atoms with E-state index >= 15 is 4.79 Å². The van der Waals surface area contributed by atoms with E-state index in [4.69, 9.17) is 52.4 Å². The fraction of sp³-hybridized carbons (Fsp3) is 0.618. The number of carbonyl (C=O) groups is 8. The first-order valence-electron chi connectivity index (χ1n) is 29.8. The van der Waals surface area contributed by atoms with E-state index in [1.165, 1.54) is 50.4 Å². The molecule has 10 unspecified atom stereocenters.